The highest BCUT2D eigenvalue weighted by Gasteiger charge is 2.09. The zero-order valence-corrected chi connectivity index (χ0v) is 12.7. The molecule has 0 saturated heterocycles. The summed E-state index contributed by atoms with van der Waals surface area (Å²) in [7, 11) is 1.69. The van der Waals surface area contributed by atoms with Gasteiger partial charge in [0.1, 0.15) is 5.75 Å². The van der Waals surface area contributed by atoms with Gasteiger partial charge in [-0.05, 0) is 49.9 Å². The van der Waals surface area contributed by atoms with E-state index in [4.69, 9.17) is 10.5 Å². The smallest absolute Gasteiger partial charge is 0.121 e. The quantitative estimate of drug-likeness (QED) is 0.914. The molecule has 2 heteroatoms. The van der Waals surface area contributed by atoms with Crippen LogP contribution >= 0.6 is 0 Å². The fourth-order valence-corrected chi connectivity index (χ4v) is 2.69. The van der Waals surface area contributed by atoms with E-state index in [1.165, 1.54) is 16.7 Å². The summed E-state index contributed by atoms with van der Waals surface area (Å²) in [5.41, 5.74) is 12.5. The Bertz CT molecular complexity index is 584. The summed E-state index contributed by atoms with van der Waals surface area (Å²) in [6, 6.07) is 12.8. The molecule has 0 aliphatic rings. The fourth-order valence-electron chi connectivity index (χ4n) is 2.69. The van der Waals surface area contributed by atoms with Crippen LogP contribution in [0.5, 0.6) is 5.75 Å². The zero-order chi connectivity index (χ0) is 14.7. The van der Waals surface area contributed by atoms with Crippen LogP contribution in [0.4, 0.5) is 0 Å². The largest absolute Gasteiger partial charge is 0.496 e. The molecule has 20 heavy (non-hydrogen) atoms. The zero-order valence-electron chi connectivity index (χ0n) is 12.7. The van der Waals surface area contributed by atoms with Crippen molar-refractivity contribution in [2.45, 2.75) is 33.2 Å². The lowest BCUT2D eigenvalue weighted by molar-refractivity contribution is 0.411. The second kappa shape index (κ2) is 6.10. The van der Waals surface area contributed by atoms with E-state index >= 15 is 0 Å². The lowest BCUT2D eigenvalue weighted by atomic mass is 9.96. The van der Waals surface area contributed by atoms with Crippen molar-refractivity contribution in [3.05, 3.63) is 64.2 Å². The van der Waals surface area contributed by atoms with Gasteiger partial charge in [-0.1, -0.05) is 41.5 Å². The van der Waals surface area contributed by atoms with Crippen molar-refractivity contribution in [3.8, 4) is 5.75 Å². The maximum atomic E-state index is 6.35. The number of aryl methyl sites for hydroxylation is 3. The number of ether oxygens (including phenoxy) is 1. The van der Waals surface area contributed by atoms with Crippen LogP contribution in [0.1, 0.15) is 33.9 Å². The van der Waals surface area contributed by atoms with Crippen LogP contribution in [-0.2, 0) is 6.42 Å². The molecule has 0 saturated carbocycles. The van der Waals surface area contributed by atoms with E-state index in [9.17, 15) is 0 Å². The molecule has 2 aromatic carbocycles. The Hall–Kier alpha value is -1.80. The summed E-state index contributed by atoms with van der Waals surface area (Å²) >= 11 is 0. The van der Waals surface area contributed by atoms with Gasteiger partial charge in [0.25, 0.3) is 0 Å². The molecular weight excluding hydrogens is 246 g/mol. The third-order valence-corrected chi connectivity index (χ3v) is 3.58. The highest BCUT2D eigenvalue weighted by Crippen LogP contribution is 2.24. The van der Waals surface area contributed by atoms with Crippen molar-refractivity contribution in [3.63, 3.8) is 0 Å². The third-order valence-electron chi connectivity index (χ3n) is 3.58. The van der Waals surface area contributed by atoms with Crippen molar-refractivity contribution in [2.24, 2.45) is 5.73 Å². The molecule has 106 valence electrons. The standard InChI is InChI=1S/C18H23NO/c1-12-7-13(2)9-15(8-12)11-17(19)16-5-6-18(20-4)14(3)10-16/h5-10,17H,11,19H2,1-4H3. The van der Waals surface area contributed by atoms with Gasteiger partial charge in [-0.15, -0.1) is 0 Å². The molecular formula is C18H23NO. The average Bonchev–Trinajstić information content (AvgIpc) is 2.37. The molecule has 0 fully saturated rings. The van der Waals surface area contributed by atoms with Gasteiger partial charge in [0, 0.05) is 6.04 Å². The van der Waals surface area contributed by atoms with Crippen LogP contribution in [0.15, 0.2) is 36.4 Å². The maximum absolute atomic E-state index is 6.35. The Morgan fingerprint density at radius 3 is 2.20 bits per heavy atom. The minimum Gasteiger partial charge on any atom is -0.496 e. The number of rotatable bonds is 4. The molecule has 2 nitrogen and oxygen atoms in total. The number of hydrogen-bond donors (Lipinski definition) is 1. The fraction of sp³-hybridized carbons (Fsp3) is 0.333. The molecule has 0 aliphatic carbocycles. The summed E-state index contributed by atoms with van der Waals surface area (Å²) < 4.78 is 5.29. The molecule has 1 atom stereocenters. The van der Waals surface area contributed by atoms with Gasteiger partial charge in [-0.3, -0.25) is 0 Å². The lowest BCUT2D eigenvalue weighted by Gasteiger charge is -2.15. The third kappa shape index (κ3) is 3.40. The monoisotopic (exact) mass is 269 g/mol. The molecule has 2 aromatic rings. The topological polar surface area (TPSA) is 35.2 Å². The molecule has 0 aromatic heterocycles. The summed E-state index contributed by atoms with van der Waals surface area (Å²) in [5.74, 6) is 0.910. The average molecular weight is 269 g/mol. The van der Waals surface area contributed by atoms with Crippen LogP contribution < -0.4 is 10.5 Å². The molecule has 0 radical (unpaired) electrons. The van der Waals surface area contributed by atoms with Crippen molar-refractivity contribution >= 4 is 0 Å². The van der Waals surface area contributed by atoms with E-state index < -0.39 is 0 Å². The van der Waals surface area contributed by atoms with Crippen LogP contribution in [-0.4, -0.2) is 7.11 Å². The predicted octanol–water partition coefficient (Wildman–Crippen LogP) is 3.86. The van der Waals surface area contributed by atoms with Gasteiger partial charge in [0.05, 0.1) is 7.11 Å². The normalized spacial score (nSPS) is 12.2. The molecule has 0 spiro atoms. The molecule has 2 N–H and O–H groups in total. The number of benzene rings is 2. The van der Waals surface area contributed by atoms with Crippen molar-refractivity contribution in [2.75, 3.05) is 7.11 Å². The lowest BCUT2D eigenvalue weighted by Crippen LogP contribution is -2.13. The Morgan fingerprint density at radius 2 is 1.65 bits per heavy atom. The first-order chi connectivity index (χ1) is 9.49. The Morgan fingerprint density at radius 1 is 1.00 bits per heavy atom. The summed E-state index contributed by atoms with van der Waals surface area (Å²) in [6.45, 7) is 6.30. The van der Waals surface area contributed by atoms with Crippen LogP contribution in [0.2, 0.25) is 0 Å². The molecule has 0 amide bonds. The van der Waals surface area contributed by atoms with Gasteiger partial charge in [-0.2, -0.15) is 0 Å². The van der Waals surface area contributed by atoms with Gasteiger partial charge in [0.15, 0.2) is 0 Å². The van der Waals surface area contributed by atoms with Crippen molar-refractivity contribution in [1.29, 1.82) is 0 Å². The molecule has 0 bridgehead atoms. The molecule has 1 unspecified atom stereocenters. The van der Waals surface area contributed by atoms with Gasteiger partial charge >= 0.3 is 0 Å². The molecule has 0 heterocycles. The first kappa shape index (κ1) is 14.6. The Kier molecular flexibility index (Phi) is 4.46. The number of hydrogen-bond acceptors (Lipinski definition) is 2. The van der Waals surface area contributed by atoms with Gasteiger partial charge in [0.2, 0.25) is 0 Å². The first-order valence-electron chi connectivity index (χ1n) is 6.97. The number of nitrogens with two attached hydrogens (primary N) is 1. The first-order valence-corrected chi connectivity index (χ1v) is 6.97. The number of methoxy groups -OCH3 is 1. The minimum absolute atomic E-state index is 0.0146. The predicted molar refractivity (Wildman–Crippen MR) is 84.3 cm³/mol. The van der Waals surface area contributed by atoms with E-state index in [0.717, 1.165) is 23.3 Å². The van der Waals surface area contributed by atoms with Crippen molar-refractivity contribution in [1.82, 2.24) is 0 Å². The summed E-state index contributed by atoms with van der Waals surface area (Å²) in [5, 5.41) is 0. The van der Waals surface area contributed by atoms with Crippen LogP contribution in [0.25, 0.3) is 0 Å². The maximum Gasteiger partial charge on any atom is 0.121 e. The van der Waals surface area contributed by atoms with E-state index in [0.29, 0.717) is 0 Å². The second-order valence-corrected chi connectivity index (χ2v) is 5.54. The highest BCUT2D eigenvalue weighted by atomic mass is 16.5. The van der Waals surface area contributed by atoms with Crippen LogP contribution in [0, 0.1) is 20.8 Å². The molecule has 0 aliphatic heterocycles. The van der Waals surface area contributed by atoms with Crippen LogP contribution in [0.3, 0.4) is 0 Å². The Balaban J connectivity index is 2.19. The van der Waals surface area contributed by atoms with E-state index in [2.05, 4.69) is 44.2 Å². The summed E-state index contributed by atoms with van der Waals surface area (Å²) in [6.07, 6.45) is 0.855. The minimum atomic E-state index is 0.0146. The van der Waals surface area contributed by atoms with Crippen molar-refractivity contribution < 1.29 is 4.74 Å². The van der Waals surface area contributed by atoms with Gasteiger partial charge < -0.3 is 10.5 Å². The SMILES string of the molecule is COc1ccc(C(N)Cc2cc(C)cc(C)c2)cc1C. The molecule has 2 rings (SSSR count). The van der Waals surface area contributed by atoms with E-state index in [-0.39, 0.29) is 6.04 Å². The second-order valence-electron chi connectivity index (χ2n) is 5.54. The van der Waals surface area contributed by atoms with E-state index in [1.807, 2.05) is 13.0 Å². The van der Waals surface area contributed by atoms with Gasteiger partial charge in [-0.25, -0.2) is 0 Å². The highest BCUT2D eigenvalue weighted by molar-refractivity contribution is 5.38. The van der Waals surface area contributed by atoms with E-state index in [1.54, 1.807) is 7.11 Å². The Labute approximate surface area is 121 Å². The summed E-state index contributed by atoms with van der Waals surface area (Å²) in [4.78, 5) is 0.